The Hall–Kier alpha value is -3.15. The first kappa shape index (κ1) is 24.5. The quantitative estimate of drug-likeness (QED) is 0.271. The van der Waals surface area contributed by atoms with Crippen LogP contribution >= 0.6 is 24.0 Å². The van der Waals surface area contributed by atoms with Gasteiger partial charge in [0.2, 0.25) is 5.95 Å². The molecule has 1 fully saturated rings. The van der Waals surface area contributed by atoms with Gasteiger partial charge in [0.1, 0.15) is 0 Å². The summed E-state index contributed by atoms with van der Waals surface area (Å²) in [6, 6.07) is 12.8. The first-order chi connectivity index (χ1) is 15.7. The highest BCUT2D eigenvalue weighted by atomic mass is 127. The zero-order chi connectivity index (χ0) is 22.2. The second-order valence-corrected chi connectivity index (χ2v) is 7.32. The SMILES string of the molecule is CCNC(=NCc1cccc(NC(=O)c2ccco2)c1)N1CCN(c2ncccn2)CC1.I. The number of piperazine rings is 1. The maximum Gasteiger partial charge on any atom is 0.291 e. The van der Waals surface area contributed by atoms with E-state index in [1.165, 1.54) is 6.26 Å². The molecule has 1 aliphatic rings. The Balaban J connectivity index is 0.00000306. The summed E-state index contributed by atoms with van der Waals surface area (Å²) < 4.78 is 5.15. The minimum absolute atomic E-state index is 0. The number of benzene rings is 1. The molecular formula is C23H28IN7O2. The number of carbonyl (C=O) groups is 1. The van der Waals surface area contributed by atoms with Gasteiger partial charge in [0.05, 0.1) is 12.8 Å². The first-order valence-corrected chi connectivity index (χ1v) is 10.7. The van der Waals surface area contributed by atoms with E-state index in [4.69, 9.17) is 9.41 Å². The van der Waals surface area contributed by atoms with Crippen LogP contribution in [0.15, 0.2) is 70.5 Å². The van der Waals surface area contributed by atoms with Gasteiger partial charge in [-0.1, -0.05) is 12.1 Å². The highest BCUT2D eigenvalue weighted by Gasteiger charge is 2.21. The van der Waals surface area contributed by atoms with E-state index in [9.17, 15) is 4.79 Å². The number of anilines is 2. The van der Waals surface area contributed by atoms with Gasteiger partial charge >= 0.3 is 0 Å². The van der Waals surface area contributed by atoms with Crippen molar-refractivity contribution in [2.45, 2.75) is 13.5 Å². The number of carbonyl (C=O) groups excluding carboxylic acids is 1. The summed E-state index contributed by atoms with van der Waals surface area (Å²) in [5.74, 6) is 1.65. The second-order valence-electron chi connectivity index (χ2n) is 7.32. The molecule has 10 heteroatoms. The molecule has 0 radical (unpaired) electrons. The molecule has 9 nitrogen and oxygen atoms in total. The monoisotopic (exact) mass is 561 g/mol. The van der Waals surface area contributed by atoms with Crippen molar-refractivity contribution < 1.29 is 9.21 Å². The fraction of sp³-hybridized carbons (Fsp3) is 0.304. The lowest BCUT2D eigenvalue weighted by atomic mass is 10.2. The third-order valence-corrected chi connectivity index (χ3v) is 5.09. The molecule has 0 aliphatic carbocycles. The lowest BCUT2D eigenvalue weighted by Crippen LogP contribution is -2.52. The topological polar surface area (TPSA) is 98.9 Å². The summed E-state index contributed by atoms with van der Waals surface area (Å²) in [5.41, 5.74) is 1.72. The third kappa shape index (κ3) is 6.67. The molecule has 3 heterocycles. The molecule has 2 aromatic heterocycles. The van der Waals surface area contributed by atoms with E-state index in [0.717, 1.165) is 50.2 Å². The number of guanidine groups is 1. The summed E-state index contributed by atoms with van der Waals surface area (Å²) in [6.07, 6.45) is 5.02. The molecule has 0 spiro atoms. The van der Waals surface area contributed by atoms with Crippen molar-refractivity contribution >= 4 is 47.5 Å². The van der Waals surface area contributed by atoms with Crippen molar-refractivity contribution in [1.29, 1.82) is 0 Å². The van der Waals surface area contributed by atoms with E-state index >= 15 is 0 Å². The van der Waals surface area contributed by atoms with Crippen LogP contribution in [-0.4, -0.2) is 59.5 Å². The predicted molar refractivity (Wildman–Crippen MR) is 139 cm³/mol. The summed E-state index contributed by atoms with van der Waals surface area (Å²) in [5, 5.41) is 6.24. The predicted octanol–water partition coefficient (Wildman–Crippen LogP) is 3.23. The molecule has 2 N–H and O–H groups in total. The van der Waals surface area contributed by atoms with Crippen molar-refractivity contribution in [1.82, 2.24) is 20.2 Å². The van der Waals surface area contributed by atoms with Gasteiger partial charge < -0.3 is 24.9 Å². The fourth-order valence-corrected chi connectivity index (χ4v) is 3.51. The van der Waals surface area contributed by atoms with Crippen LogP contribution in [0, 0.1) is 0 Å². The number of nitrogens with one attached hydrogen (secondary N) is 2. The minimum atomic E-state index is -0.274. The van der Waals surface area contributed by atoms with Gasteiger partial charge in [-0.2, -0.15) is 0 Å². The van der Waals surface area contributed by atoms with Crippen LogP contribution in [0.1, 0.15) is 23.0 Å². The molecule has 1 aromatic carbocycles. The van der Waals surface area contributed by atoms with Crippen LogP contribution in [0.25, 0.3) is 0 Å². The highest BCUT2D eigenvalue weighted by molar-refractivity contribution is 14.0. The molecule has 0 unspecified atom stereocenters. The summed E-state index contributed by atoms with van der Waals surface area (Å²) >= 11 is 0. The highest BCUT2D eigenvalue weighted by Crippen LogP contribution is 2.14. The fourth-order valence-electron chi connectivity index (χ4n) is 3.51. The average Bonchev–Trinajstić information content (AvgIpc) is 3.38. The Morgan fingerprint density at radius 3 is 2.58 bits per heavy atom. The van der Waals surface area contributed by atoms with Crippen molar-refractivity contribution in [3.63, 3.8) is 0 Å². The second kappa shape index (κ2) is 12.2. The van der Waals surface area contributed by atoms with E-state index in [1.807, 2.05) is 30.3 Å². The summed E-state index contributed by atoms with van der Waals surface area (Å²) in [6.45, 7) is 6.71. The third-order valence-electron chi connectivity index (χ3n) is 5.09. The zero-order valence-electron chi connectivity index (χ0n) is 18.5. The molecule has 174 valence electrons. The van der Waals surface area contributed by atoms with Crippen molar-refractivity contribution in [2.24, 2.45) is 4.99 Å². The number of halogens is 1. The molecule has 1 saturated heterocycles. The number of rotatable bonds is 6. The van der Waals surface area contributed by atoms with Crippen molar-refractivity contribution in [2.75, 3.05) is 42.9 Å². The van der Waals surface area contributed by atoms with Gasteiger partial charge in [0.15, 0.2) is 11.7 Å². The van der Waals surface area contributed by atoms with E-state index in [1.54, 1.807) is 24.5 Å². The zero-order valence-corrected chi connectivity index (χ0v) is 20.8. The van der Waals surface area contributed by atoms with Crippen molar-refractivity contribution in [3.8, 4) is 0 Å². The van der Waals surface area contributed by atoms with Gasteiger partial charge in [0, 0.05) is 50.8 Å². The van der Waals surface area contributed by atoms with Crippen LogP contribution < -0.4 is 15.5 Å². The Labute approximate surface area is 210 Å². The molecule has 3 aromatic rings. The van der Waals surface area contributed by atoms with Crippen LogP contribution in [0.4, 0.5) is 11.6 Å². The molecular weight excluding hydrogens is 533 g/mol. The van der Waals surface area contributed by atoms with Gasteiger partial charge in [-0.3, -0.25) is 4.79 Å². The lowest BCUT2D eigenvalue weighted by molar-refractivity contribution is 0.0996. The Kier molecular flexibility index (Phi) is 9.04. The number of aromatic nitrogens is 2. The molecule has 0 atom stereocenters. The molecule has 33 heavy (non-hydrogen) atoms. The number of nitrogens with zero attached hydrogens (tertiary/aromatic N) is 5. The Bertz CT molecular complexity index is 1040. The van der Waals surface area contributed by atoms with Gasteiger partial charge in [0.25, 0.3) is 5.91 Å². The van der Waals surface area contributed by atoms with Crippen LogP contribution in [-0.2, 0) is 6.54 Å². The summed E-state index contributed by atoms with van der Waals surface area (Å²) in [4.78, 5) is 30.2. The normalized spacial score (nSPS) is 13.9. The maximum atomic E-state index is 12.2. The van der Waals surface area contributed by atoms with E-state index < -0.39 is 0 Å². The van der Waals surface area contributed by atoms with Gasteiger partial charge in [-0.15, -0.1) is 24.0 Å². The molecule has 1 aliphatic heterocycles. The van der Waals surface area contributed by atoms with E-state index in [0.29, 0.717) is 12.2 Å². The standard InChI is InChI=1S/C23H27N7O2.HI/c1-2-24-22(29-11-13-30(14-12-29)23-25-9-5-10-26-23)27-17-18-6-3-7-19(16-18)28-21(31)20-8-4-15-32-20;/h3-10,15-16H,2,11-14,17H2,1H3,(H,24,27)(H,28,31);1H. The lowest BCUT2D eigenvalue weighted by Gasteiger charge is -2.36. The first-order valence-electron chi connectivity index (χ1n) is 10.7. The van der Waals surface area contributed by atoms with Gasteiger partial charge in [-0.25, -0.2) is 15.0 Å². The molecule has 4 rings (SSSR count). The van der Waals surface area contributed by atoms with Crippen LogP contribution in [0.5, 0.6) is 0 Å². The molecule has 0 saturated carbocycles. The Morgan fingerprint density at radius 2 is 1.88 bits per heavy atom. The minimum Gasteiger partial charge on any atom is -0.459 e. The molecule has 0 bridgehead atoms. The van der Waals surface area contributed by atoms with E-state index in [-0.39, 0.29) is 35.6 Å². The van der Waals surface area contributed by atoms with Crippen LogP contribution in [0.2, 0.25) is 0 Å². The van der Waals surface area contributed by atoms with Gasteiger partial charge in [-0.05, 0) is 42.8 Å². The maximum absolute atomic E-state index is 12.2. The number of hydrogen-bond acceptors (Lipinski definition) is 6. The molecule has 1 amide bonds. The number of hydrogen-bond donors (Lipinski definition) is 2. The van der Waals surface area contributed by atoms with E-state index in [2.05, 4.69) is 37.3 Å². The van der Waals surface area contributed by atoms with Crippen molar-refractivity contribution in [3.05, 3.63) is 72.4 Å². The number of amides is 1. The van der Waals surface area contributed by atoms with Crippen LogP contribution in [0.3, 0.4) is 0 Å². The largest absolute Gasteiger partial charge is 0.459 e. The number of aliphatic imine (C=N–C) groups is 1. The number of furan rings is 1. The Morgan fingerprint density at radius 1 is 1.09 bits per heavy atom. The smallest absolute Gasteiger partial charge is 0.291 e. The average molecular weight is 561 g/mol. The summed E-state index contributed by atoms with van der Waals surface area (Å²) in [7, 11) is 0.